The third-order valence-corrected chi connectivity index (χ3v) is 2.11. The van der Waals surface area contributed by atoms with Gasteiger partial charge in [-0.15, -0.1) is 0 Å². The average molecular weight is 184 g/mol. The molecule has 0 bridgehead atoms. The molecule has 14 heavy (non-hydrogen) atoms. The van der Waals surface area contributed by atoms with Crippen molar-refractivity contribution in [3.63, 3.8) is 0 Å². The summed E-state index contributed by atoms with van der Waals surface area (Å²) >= 11 is 0. The van der Waals surface area contributed by atoms with Crippen LogP contribution in [0.25, 0.3) is 5.70 Å². The Balaban J connectivity index is 2.50. The Bertz CT molecular complexity index is 449. The van der Waals surface area contributed by atoms with E-state index >= 15 is 0 Å². The van der Waals surface area contributed by atoms with E-state index in [2.05, 4.69) is 29.6 Å². The molecule has 2 heteroatoms. The molecule has 0 saturated carbocycles. The highest BCUT2D eigenvalue weighted by Gasteiger charge is 2.03. The maximum Gasteiger partial charge on any atom is 0.130 e. The first-order chi connectivity index (χ1) is 6.75. The van der Waals surface area contributed by atoms with Crippen LogP contribution in [0.5, 0.6) is 0 Å². The van der Waals surface area contributed by atoms with Gasteiger partial charge in [0.25, 0.3) is 0 Å². The summed E-state index contributed by atoms with van der Waals surface area (Å²) in [4.78, 5) is 8.56. The zero-order valence-electron chi connectivity index (χ0n) is 8.41. The van der Waals surface area contributed by atoms with Crippen LogP contribution in [0.2, 0.25) is 0 Å². The number of aromatic nitrogens is 1. The first-order valence-corrected chi connectivity index (χ1v) is 4.67. The van der Waals surface area contributed by atoms with Crippen molar-refractivity contribution in [2.24, 2.45) is 4.99 Å². The Labute approximate surface area is 83.7 Å². The van der Waals surface area contributed by atoms with Crippen molar-refractivity contribution < 1.29 is 0 Å². The van der Waals surface area contributed by atoms with Gasteiger partial charge < -0.3 is 0 Å². The second kappa shape index (κ2) is 3.60. The first kappa shape index (κ1) is 8.92. The summed E-state index contributed by atoms with van der Waals surface area (Å²) in [6, 6.07) is 4.01. The lowest BCUT2D eigenvalue weighted by Crippen LogP contribution is -1.91. The van der Waals surface area contributed by atoms with Crippen LogP contribution in [0.1, 0.15) is 24.6 Å². The van der Waals surface area contributed by atoms with E-state index in [1.807, 2.05) is 18.3 Å². The van der Waals surface area contributed by atoms with Crippen molar-refractivity contribution in [1.82, 2.24) is 4.98 Å². The van der Waals surface area contributed by atoms with E-state index in [0.29, 0.717) is 0 Å². The van der Waals surface area contributed by atoms with E-state index in [9.17, 15) is 0 Å². The smallest absolute Gasteiger partial charge is 0.130 e. The fourth-order valence-corrected chi connectivity index (χ4v) is 1.36. The van der Waals surface area contributed by atoms with E-state index in [4.69, 9.17) is 0 Å². The van der Waals surface area contributed by atoms with Gasteiger partial charge in [0, 0.05) is 18.8 Å². The lowest BCUT2D eigenvalue weighted by molar-refractivity contribution is 1.20. The van der Waals surface area contributed by atoms with Crippen LogP contribution in [0.3, 0.4) is 0 Å². The molecule has 0 radical (unpaired) electrons. The third kappa shape index (κ3) is 1.81. The number of nitrogens with zero attached hydrogens (tertiary/aromatic N) is 2. The van der Waals surface area contributed by atoms with Crippen LogP contribution in [0.15, 0.2) is 34.6 Å². The van der Waals surface area contributed by atoms with Crippen LogP contribution < -0.4 is 0 Å². The number of aliphatic imine (C=N–C) groups is 1. The van der Waals surface area contributed by atoms with Crippen molar-refractivity contribution in [2.45, 2.75) is 20.3 Å². The molecular formula is C12H12N2. The molecule has 0 fully saturated rings. The Morgan fingerprint density at radius 2 is 2.21 bits per heavy atom. The van der Waals surface area contributed by atoms with Gasteiger partial charge in [-0.25, -0.2) is 0 Å². The molecule has 1 aromatic heterocycles. The highest BCUT2D eigenvalue weighted by molar-refractivity contribution is 5.76. The Hall–Kier alpha value is -1.66. The van der Waals surface area contributed by atoms with Gasteiger partial charge in [0.05, 0.1) is 5.69 Å². The second-order valence-corrected chi connectivity index (χ2v) is 3.49. The summed E-state index contributed by atoms with van der Waals surface area (Å²) in [5.41, 5.74) is 7.38. The van der Waals surface area contributed by atoms with E-state index < -0.39 is 0 Å². The molecule has 0 N–H and O–H groups in total. The first-order valence-electron chi connectivity index (χ1n) is 4.67. The normalized spacial score (nSPS) is 15.0. The third-order valence-electron chi connectivity index (χ3n) is 2.11. The van der Waals surface area contributed by atoms with E-state index in [1.165, 1.54) is 11.1 Å². The van der Waals surface area contributed by atoms with Gasteiger partial charge in [0.2, 0.25) is 0 Å². The van der Waals surface area contributed by atoms with Crippen molar-refractivity contribution >= 4 is 11.9 Å². The maximum atomic E-state index is 4.29. The number of hydrogen-bond acceptors (Lipinski definition) is 2. The zero-order valence-corrected chi connectivity index (χ0v) is 8.41. The minimum absolute atomic E-state index is 0.845. The van der Waals surface area contributed by atoms with Crippen molar-refractivity contribution in [3.05, 3.63) is 40.9 Å². The molecule has 2 rings (SSSR count). The average Bonchev–Trinajstić information content (AvgIpc) is 2.18. The van der Waals surface area contributed by atoms with Gasteiger partial charge in [-0.05, 0) is 37.1 Å². The molecule has 0 unspecified atom stereocenters. The van der Waals surface area contributed by atoms with Gasteiger partial charge >= 0.3 is 0 Å². The summed E-state index contributed by atoms with van der Waals surface area (Å²) in [5, 5.41) is 0. The number of hydrogen-bond donors (Lipinski definition) is 0. The fraction of sp³-hybridized carbons (Fsp3) is 0.250. The van der Waals surface area contributed by atoms with Crippen LogP contribution >= 0.6 is 0 Å². The van der Waals surface area contributed by atoms with Gasteiger partial charge in [-0.2, -0.15) is 0 Å². The monoisotopic (exact) mass is 184 g/mol. The number of pyridine rings is 1. The molecule has 0 aromatic carbocycles. The van der Waals surface area contributed by atoms with Crippen LogP contribution in [-0.4, -0.2) is 11.2 Å². The van der Waals surface area contributed by atoms with Crippen LogP contribution in [0.4, 0.5) is 0 Å². The standard InChI is InChI=1S/C12H12N2/c1-9-3-5-13-11(7-9)12-8-10(2)4-6-14-12/h3,5-7H,4H2,1-2H3. The van der Waals surface area contributed by atoms with E-state index in [0.717, 1.165) is 17.8 Å². The van der Waals surface area contributed by atoms with Gasteiger partial charge in [0.15, 0.2) is 0 Å². The molecule has 70 valence electrons. The summed E-state index contributed by atoms with van der Waals surface area (Å²) in [7, 11) is 0. The number of rotatable bonds is 1. The molecule has 0 atom stereocenters. The molecule has 0 aliphatic carbocycles. The molecule has 0 spiro atoms. The van der Waals surface area contributed by atoms with Gasteiger partial charge in [-0.1, -0.05) is 5.73 Å². The highest BCUT2D eigenvalue weighted by Crippen LogP contribution is 2.17. The molecule has 2 heterocycles. The summed E-state index contributed by atoms with van der Waals surface area (Å²) < 4.78 is 0. The summed E-state index contributed by atoms with van der Waals surface area (Å²) in [6.45, 7) is 4.11. The highest BCUT2D eigenvalue weighted by atomic mass is 14.8. The van der Waals surface area contributed by atoms with Crippen LogP contribution in [-0.2, 0) is 0 Å². The summed E-state index contributed by atoms with van der Waals surface area (Å²) in [5.74, 6) is 0. The van der Waals surface area contributed by atoms with Crippen molar-refractivity contribution in [1.29, 1.82) is 0 Å². The Morgan fingerprint density at radius 1 is 1.36 bits per heavy atom. The minimum Gasteiger partial charge on any atom is -0.254 e. The summed E-state index contributed by atoms with van der Waals surface area (Å²) in [6.07, 6.45) is 4.61. The number of aryl methyl sites for hydroxylation is 1. The van der Waals surface area contributed by atoms with Gasteiger partial charge in [0.1, 0.15) is 5.70 Å². The quantitative estimate of drug-likeness (QED) is 0.616. The Kier molecular flexibility index (Phi) is 2.30. The molecule has 0 saturated heterocycles. The zero-order chi connectivity index (χ0) is 9.97. The molecule has 1 aliphatic heterocycles. The SMILES string of the molecule is CC1=C=C(c2cc(C)ccn2)N=CC1. The minimum atomic E-state index is 0.845. The lowest BCUT2D eigenvalue weighted by Gasteiger charge is -2.03. The van der Waals surface area contributed by atoms with E-state index in [1.54, 1.807) is 6.20 Å². The van der Waals surface area contributed by atoms with E-state index in [-0.39, 0.29) is 0 Å². The van der Waals surface area contributed by atoms with Crippen LogP contribution in [0, 0.1) is 6.92 Å². The molecule has 2 nitrogen and oxygen atoms in total. The van der Waals surface area contributed by atoms with Crippen molar-refractivity contribution in [2.75, 3.05) is 0 Å². The molecule has 1 aromatic rings. The molecule has 0 amide bonds. The molecule has 1 aliphatic rings. The maximum absolute atomic E-state index is 4.29. The predicted octanol–water partition coefficient (Wildman–Crippen LogP) is 2.75. The molecular weight excluding hydrogens is 172 g/mol. The second-order valence-electron chi connectivity index (χ2n) is 3.49. The largest absolute Gasteiger partial charge is 0.254 e. The van der Waals surface area contributed by atoms with Crippen molar-refractivity contribution in [3.8, 4) is 0 Å². The Morgan fingerprint density at radius 3 is 2.93 bits per heavy atom. The topological polar surface area (TPSA) is 25.2 Å². The predicted molar refractivity (Wildman–Crippen MR) is 58.2 cm³/mol. The van der Waals surface area contributed by atoms with Gasteiger partial charge in [-0.3, -0.25) is 9.98 Å². The fourth-order valence-electron chi connectivity index (χ4n) is 1.36. The lowest BCUT2D eigenvalue weighted by atomic mass is 10.1. The number of allylic oxidation sites excluding steroid dienone is 1.